The molecule has 1 heterocycles. The molecule has 0 aliphatic rings. The molecule has 0 N–H and O–H groups in total. The van der Waals surface area contributed by atoms with Crippen LogP contribution in [0.15, 0.2) is 53.3 Å². The third-order valence-corrected chi connectivity index (χ3v) is 3.69. The second-order valence-electron chi connectivity index (χ2n) is 5.59. The van der Waals surface area contributed by atoms with Crippen molar-refractivity contribution in [1.82, 2.24) is 4.98 Å². The maximum atomic E-state index is 13.0. The highest BCUT2D eigenvalue weighted by atomic mass is 16.3. The highest BCUT2D eigenvalue weighted by Gasteiger charge is 2.22. The zero-order chi connectivity index (χ0) is 15.7. The predicted molar refractivity (Wildman–Crippen MR) is 87.1 cm³/mol. The van der Waals surface area contributed by atoms with Crippen LogP contribution in [0.25, 0.3) is 11.1 Å². The van der Waals surface area contributed by atoms with Crippen molar-refractivity contribution in [2.45, 2.75) is 26.8 Å². The summed E-state index contributed by atoms with van der Waals surface area (Å²) in [4.78, 5) is 18.9. The lowest BCUT2D eigenvalue weighted by Gasteiger charge is -2.28. The average molecular weight is 294 g/mol. The average Bonchev–Trinajstić information content (AvgIpc) is 2.96. The van der Waals surface area contributed by atoms with E-state index in [9.17, 15) is 4.79 Å². The van der Waals surface area contributed by atoms with Crippen LogP contribution in [0.3, 0.4) is 0 Å². The summed E-state index contributed by atoms with van der Waals surface area (Å²) >= 11 is 0. The quantitative estimate of drug-likeness (QED) is 0.727. The Morgan fingerprint density at radius 3 is 2.68 bits per heavy atom. The van der Waals surface area contributed by atoms with E-state index in [4.69, 9.17) is 4.42 Å². The molecule has 0 radical (unpaired) electrons. The van der Waals surface area contributed by atoms with Crippen LogP contribution >= 0.6 is 0 Å². The van der Waals surface area contributed by atoms with Crippen LogP contribution in [0.5, 0.6) is 0 Å². The van der Waals surface area contributed by atoms with Crippen LogP contribution < -0.4 is 4.90 Å². The molecule has 22 heavy (non-hydrogen) atoms. The number of fused-ring (bicyclic) bond motifs is 1. The van der Waals surface area contributed by atoms with Crippen molar-refractivity contribution in [3.05, 3.63) is 60.0 Å². The van der Waals surface area contributed by atoms with Crippen LogP contribution in [-0.2, 0) is 0 Å². The molecule has 0 aliphatic carbocycles. The van der Waals surface area contributed by atoms with Gasteiger partial charge in [-0.3, -0.25) is 4.79 Å². The second kappa shape index (κ2) is 5.64. The monoisotopic (exact) mass is 294 g/mol. The van der Waals surface area contributed by atoms with Crippen LogP contribution in [0.4, 0.5) is 5.69 Å². The summed E-state index contributed by atoms with van der Waals surface area (Å²) in [6.07, 6.45) is 1.39. The van der Waals surface area contributed by atoms with E-state index >= 15 is 0 Å². The van der Waals surface area contributed by atoms with Gasteiger partial charge in [0.2, 0.25) is 0 Å². The fraction of sp³-hybridized carbons (Fsp3) is 0.222. The first-order valence-corrected chi connectivity index (χ1v) is 7.30. The number of hydrogen-bond acceptors (Lipinski definition) is 3. The van der Waals surface area contributed by atoms with Crippen molar-refractivity contribution < 1.29 is 9.21 Å². The maximum absolute atomic E-state index is 13.0. The van der Waals surface area contributed by atoms with E-state index in [0.29, 0.717) is 11.1 Å². The van der Waals surface area contributed by atoms with E-state index in [1.54, 1.807) is 12.1 Å². The summed E-state index contributed by atoms with van der Waals surface area (Å²) < 4.78 is 5.30. The summed E-state index contributed by atoms with van der Waals surface area (Å²) in [5, 5.41) is 0. The van der Waals surface area contributed by atoms with Crippen molar-refractivity contribution in [3.8, 4) is 0 Å². The first-order chi connectivity index (χ1) is 10.6. The molecule has 112 valence electrons. The molecular formula is C18H18N2O2. The Hall–Kier alpha value is -2.62. The fourth-order valence-corrected chi connectivity index (χ4v) is 2.58. The molecular weight excluding hydrogens is 276 g/mol. The zero-order valence-electron chi connectivity index (χ0n) is 12.9. The summed E-state index contributed by atoms with van der Waals surface area (Å²) in [5.41, 5.74) is 3.98. The minimum Gasteiger partial charge on any atom is -0.443 e. The van der Waals surface area contributed by atoms with Gasteiger partial charge in [-0.1, -0.05) is 18.2 Å². The standard InChI is InChI=1S/C18H18N2O2/c1-12(2)20(16-7-5-4-6-13(16)3)18(21)14-8-9-15-17(10-14)22-11-19-15/h4-12H,1-3H3. The smallest absolute Gasteiger partial charge is 0.258 e. The molecule has 4 heteroatoms. The maximum Gasteiger partial charge on any atom is 0.258 e. The van der Waals surface area contributed by atoms with Gasteiger partial charge in [0, 0.05) is 17.3 Å². The number of para-hydroxylation sites is 1. The Morgan fingerprint density at radius 2 is 1.95 bits per heavy atom. The van der Waals surface area contributed by atoms with Gasteiger partial charge in [-0.15, -0.1) is 0 Å². The van der Waals surface area contributed by atoms with Crippen molar-refractivity contribution in [3.63, 3.8) is 0 Å². The molecule has 2 aromatic carbocycles. The molecule has 0 aliphatic heterocycles. The number of oxazole rings is 1. The van der Waals surface area contributed by atoms with Gasteiger partial charge in [0.15, 0.2) is 12.0 Å². The number of carbonyl (C=O) groups is 1. The van der Waals surface area contributed by atoms with E-state index in [0.717, 1.165) is 16.8 Å². The van der Waals surface area contributed by atoms with E-state index in [2.05, 4.69) is 4.98 Å². The molecule has 0 fully saturated rings. The minimum atomic E-state index is -0.0393. The largest absolute Gasteiger partial charge is 0.443 e. The van der Waals surface area contributed by atoms with E-state index < -0.39 is 0 Å². The van der Waals surface area contributed by atoms with Crippen LogP contribution in [0, 0.1) is 6.92 Å². The van der Waals surface area contributed by atoms with Gasteiger partial charge in [0.1, 0.15) is 5.52 Å². The van der Waals surface area contributed by atoms with Crippen molar-refractivity contribution in [2.75, 3.05) is 4.90 Å². The fourth-order valence-electron chi connectivity index (χ4n) is 2.58. The molecule has 0 bridgehead atoms. The van der Waals surface area contributed by atoms with Crippen LogP contribution in [0.1, 0.15) is 29.8 Å². The van der Waals surface area contributed by atoms with Gasteiger partial charge in [-0.25, -0.2) is 4.98 Å². The lowest BCUT2D eigenvalue weighted by molar-refractivity contribution is 0.0980. The van der Waals surface area contributed by atoms with E-state index in [1.165, 1.54) is 6.39 Å². The molecule has 0 spiro atoms. The molecule has 0 atom stereocenters. The number of rotatable bonds is 3. The van der Waals surface area contributed by atoms with Crippen molar-refractivity contribution in [2.24, 2.45) is 0 Å². The Balaban J connectivity index is 2.04. The lowest BCUT2D eigenvalue weighted by Crippen LogP contribution is -2.37. The number of carbonyl (C=O) groups excluding carboxylic acids is 1. The normalized spacial score (nSPS) is 11.1. The van der Waals surface area contributed by atoms with Gasteiger partial charge in [-0.05, 0) is 50.6 Å². The van der Waals surface area contributed by atoms with Gasteiger partial charge < -0.3 is 9.32 Å². The Labute approximate surface area is 129 Å². The molecule has 0 saturated carbocycles. The summed E-state index contributed by atoms with van der Waals surface area (Å²) in [6, 6.07) is 13.3. The number of benzene rings is 2. The number of hydrogen-bond donors (Lipinski definition) is 0. The number of aryl methyl sites for hydroxylation is 1. The van der Waals surface area contributed by atoms with Crippen molar-refractivity contribution >= 4 is 22.7 Å². The Bertz CT molecular complexity index is 821. The summed E-state index contributed by atoms with van der Waals surface area (Å²) in [7, 11) is 0. The molecule has 1 aromatic heterocycles. The topological polar surface area (TPSA) is 46.3 Å². The highest BCUT2D eigenvalue weighted by Crippen LogP contribution is 2.25. The second-order valence-corrected chi connectivity index (χ2v) is 5.59. The Kier molecular flexibility index (Phi) is 3.67. The lowest BCUT2D eigenvalue weighted by atomic mass is 10.1. The first-order valence-electron chi connectivity index (χ1n) is 7.30. The molecule has 4 nitrogen and oxygen atoms in total. The number of anilines is 1. The molecule has 0 saturated heterocycles. The Morgan fingerprint density at radius 1 is 1.18 bits per heavy atom. The van der Waals surface area contributed by atoms with Crippen molar-refractivity contribution in [1.29, 1.82) is 0 Å². The molecule has 1 amide bonds. The van der Waals surface area contributed by atoms with E-state index in [-0.39, 0.29) is 11.9 Å². The zero-order valence-corrected chi connectivity index (χ0v) is 12.9. The van der Waals surface area contributed by atoms with Gasteiger partial charge in [0.25, 0.3) is 5.91 Å². The third kappa shape index (κ3) is 2.48. The van der Waals surface area contributed by atoms with Crippen LogP contribution in [-0.4, -0.2) is 16.9 Å². The SMILES string of the molecule is Cc1ccccc1N(C(=O)c1ccc2ncoc2c1)C(C)C. The van der Waals surface area contributed by atoms with Gasteiger partial charge >= 0.3 is 0 Å². The van der Waals surface area contributed by atoms with Gasteiger partial charge in [0.05, 0.1) is 0 Å². The van der Waals surface area contributed by atoms with E-state index in [1.807, 2.05) is 56.0 Å². The molecule has 3 rings (SSSR count). The molecule has 0 unspecified atom stereocenters. The van der Waals surface area contributed by atoms with Crippen LogP contribution in [0.2, 0.25) is 0 Å². The van der Waals surface area contributed by atoms with Gasteiger partial charge in [-0.2, -0.15) is 0 Å². The highest BCUT2D eigenvalue weighted by molar-refractivity contribution is 6.08. The first kappa shape index (κ1) is 14.3. The predicted octanol–water partition coefficient (Wildman–Crippen LogP) is 4.19. The number of nitrogens with zero attached hydrogens (tertiary/aromatic N) is 2. The summed E-state index contributed by atoms with van der Waals surface area (Å²) in [6.45, 7) is 6.03. The third-order valence-electron chi connectivity index (χ3n) is 3.69. The number of amides is 1. The summed E-state index contributed by atoms with van der Waals surface area (Å²) in [5.74, 6) is -0.0393. The minimum absolute atomic E-state index is 0.0393. The number of aromatic nitrogens is 1. The molecule has 3 aromatic rings.